The van der Waals surface area contributed by atoms with Crippen molar-refractivity contribution in [3.63, 3.8) is 0 Å². The first-order valence-corrected chi connectivity index (χ1v) is 8.03. The van der Waals surface area contributed by atoms with Crippen LogP contribution in [0.5, 0.6) is 0 Å². The summed E-state index contributed by atoms with van der Waals surface area (Å²) in [5.41, 5.74) is 8.93. The molecule has 25 heavy (non-hydrogen) atoms. The van der Waals surface area contributed by atoms with E-state index in [4.69, 9.17) is 5.73 Å². The van der Waals surface area contributed by atoms with Crippen molar-refractivity contribution in [2.75, 3.05) is 24.1 Å². The molecule has 0 atom stereocenters. The summed E-state index contributed by atoms with van der Waals surface area (Å²) >= 11 is 0. The van der Waals surface area contributed by atoms with E-state index < -0.39 is 0 Å². The minimum atomic E-state index is -0.220. The number of halogens is 1. The Morgan fingerprint density at radius 1 is 1.04 bits per heavy atom. The summed E-state index contributed by atoms with van der Waals surface area (Å²) in [6, 6.07) is 12.1. The fraction of sp³-hybridized carbons (Fsp3) is 0.263. The number of aryl methyl sites for hydroxylation is 1. The molecule has 2 amide bonds. The van der Waals surface area contributed by atoms with Crippen LogP contribution < -0.4 is 11.1 Å². The van der Waals surface area contributed by atoms with E-state index in [9.17, 15) is 9.59 Å². The number of nitrogens with zero attached hydrogens (tertiary/aromatic N) is 1. The Kier molecular flexibility index (Phi) is 7.45. The van der Waals surface area contributed by atoms with Crippen LogP contribution in [0.4, 0.5) is 11.4 Å². The van der Waals surface area contributed by atoms with Gasteiger partial charge in [-0.15, -0.1) is 12.4 Å². The average molecular weight is 362 g/mol. The highest BCUT2D eigenvalue weighted by Gasteiger charge is 2.13. The lowest BCUT2D eigenvalue weighted by Crippen LogP contribution is -2.30. The first kappa shape index (κ1) is 20.5. The maximum Gasteiger partial charge on any atom is 0.256 e. The number of nitrogen functional groups attached to an aromatic ring is 1. The third kappa shape index (κ3) is 4.97. The molecule has 0 radical (unpaired) electrons. The standard InChI is InChI=1S/C19H23N3O2.ClH/c1-4-22(5-2)19(24)14-7-10-16(11-8-14)21-18(23)17-12-15(20)9-6-13(17)3;/h6-12H,4-5,20H2,1-3H3,(H,21,23);1H. The topological polar surface area (TPSA) is 75.4 Å². The van der Waals surface area contributed by atoms with Crippen molar-refractivity contribution >= 4 is 35.6 Å². The molecule has 0 aliphatic rings. The molecule has 0 unspecified atom stereocenters. The zero-order valence-corrected chi connectivity index (χ0v) is 15.5. The van der Waals surface area contributed by atoms with Gasteiger partial charge in [0.1, 0.15) is 0 Å². The van der Waals surface area contributed by atoms with E-state index in [0.717, 1.165) is 5.56 Å². The maximum atomic E-state index is 12.4. The van der Waals surface area contributed by atoms with Gasteiger partial charge in [-0.25, -0.2) is 0 Å². The molecule has 0 aliphatic carbocycles. The molecule has 3 N–H and O–H groups in total. The summed E-state index contributed by atoms with van der Waals surface area (Å²) in [7, 11) is 0. The normalized spacial score (nSPS) is 9.88. The monoisotopic (exact) mass is 361 g/mol. The minimum absolute atomic E-state index is 0. The van der Waals surface area contributed by atoms with Gasteiger partial charge in [0.15, 0.2) is 0 Å². The van der Waals surface area contributed by atoms with Gasteiger partial charge in [-0.1, -0.05) is 6.07 Å². The van der Waals surface area contributed by atoms with Crippen LogP contribution in [0.1, 0.15) is 40.1 Å². The molecule has 2 rings (SSSR count). The molecule has 2 aromatic carbocycles. The smallest absolute Gasteiger partial charge is 0.256 e. The van der Waals surface area contributed by atoms with Crippen LogP contribution in [0.15, 0.2) is 42.5 Å². The van der Waals surface area contributed by atoms with Crippen LogP contribution in [0.2, 0.25) is 0 Å². The number of carbonyl (C=O) groups is 2. The zero-order chi connectivity index (χ0) is 17.7. The van der Waals surface area contributed by atoms with Gasteiger partial charge in [-0.3, -0.25) is 9.59 Å². The molecular formula is C19H24ClN3O2. The van der Waals surface area contributed by atoms with Crippen molar-refractivity contribution in [2.45, 2.75) is 20.8 Å². The molecule has 0 saturated carbocycles. The number of rotatable bonds is 5. The van der Waals surface area contributed by atoms with Crippen LogP contribution >= 0.6 is 12.4 Å². The molecule has 0 fully saturated rings. The highest BCUT2D eigenvalue weighted by molar-refractivity contribution is 6.06. The van der Waals surface area contributed by atoms with Gasteiger partial charge in [0.05, 0.1) is 0 Å². The van der Waals surface area contributed by atoms with Gasteiger partial charge < -0.3 is 16.0 Å². The Bertz CT molecular complexity index is 741. The van der Waals surface area contributed by atoms with Gasteiger partial charge >= 0.3 is 0 Å². The Labute approximate surface area is 154 Å². The van der Waals surface area contributed by atoms with E-state index in [2.05, 4.69) is 5.32 Å². The maximum absolute atomic E-state index is 12.4. The van der Waals surface area contributed by atoms with Crippen molar-refractivity contribution in [2.24, 2.45) is 0 Å². The number of hydrogen-bond acceptors (Lipinski definition) is 3. The number of amides is 2. The number of hydrogen-bond donors (Lipinski definition) is 2. The second-order valence-corrected chi connectivity index (χ2v) is 5.58. The second-order valence-electron chi connectivity index (χ2n) is 5.58. The Morgan fingerprint density at radius 3 is 2.20 bits per heavy atom. The first-order chi connectivity index (χ1) is 11.5. The lowest BCUT2D eigenvalue weighted by molar-refractivity contribution is 0.0773. The molecule has 0 aromatic heterocycles. The third-order valence-electron chi connectivity index (χ3n) is 3.95. The third-order valence-corrected chi connectivity index (χ3v) is 3.95. The van der Waals surface area contributed by atoms with Gasteiger partial charge in [0.25, 0.3) is 11.8 Å². The highest BCUT2D eigenvalue weighted by atomic mass is 35.5. The number of carbonyl (C=O) groups excluding carboxylic acids is 2. The summed E-state index contributed by atoms with van der Waals surface area (Å²) < 4.78 is 0. The molecule has 0 heterocycles. The van der Waals surface area contributed by atoms with E-state index in [1.165, 1.54) is 0 Å². The molecule has 0 saturated heterocycles. The van der Waals surface area contributed by atoms with Crippen LogP contribution in [-0.4, -0.2) is 29.8 Å². The predicted molar refractivity (Wildman–Crippen MR) is 104 cm³/mol. The van der Waals surface area contributed by atoms with Gasteiger partial charge in [0, 0.05) is 35.6 Å². The molecule has 0 spiro atoms. The Hall–Kier alpha value is -2.53. The van der Waals surface area contributed by atoms with E-state index in [-0.39, 0.29) is 24.2 Å². The summed E-state index contributed by atoms with van der Waals surface area (Å²) in [6.07, 6.45) is 0. The fourth-order valence-corrected chi connectivity index (χ4v) is 2.47. The predicted octanol–water partition coefficient (Wildman–Crippen LogP) is 3.73. The fourth-order valence-electron chi connectivity index (χ4n) is 2.47. The molecule has 6 heteroatoms. The molecule has 134 valence electrons. The van der Waals surface area contributed by atoms with Crippen LogP contribution in [0.3, 0.4) is 0 Å². The highest BCUT2D eigenvalue weighted by Crippen LogP contribution is 2.16. The lowest BCUT2D eigenvalue weighted by atomic mass is 10.1. The summed E-state index contributed by atoms with van der Waals surface area (Å²) in [5.74, 6) is -0.229. The zero-order valence-electron chi connectivity index (χ0n) is 14.7. The number of nitrogens with two attached hydrogens (primary N) is 1. The van der Waals surface area contributed by atoms with E-state index in [0.29, 0.717) is 35.6 Å². The molecule has 0 aliphatic heterocycles. The second kappa shape index (κ2) is 9.08. The summed E-state index contributed by atoms with van der Waals surface area (Å²) in [6.45, 7) is 7.10. The average Bonchev–Trinajstić information content (AvgIpc) is 2.58. The van der Waals surface area contributed by atoms with E-state index in [1.54, 1.807) is 41.3 Å². The number of anilines is 2. The van der Waals surface area contributed by atoms with Crippen molar-refractivity contribution in [1.82, 2.24) is 4.90 Å². The van der Waals surface area contributed by atoms with Crippen molar-refractivity contribution in [3.8, 4) is 0 Å². The SMILES string of the molecule is CCN(CC)C(=O)c1ccc(NC(=O)c2cc(N)ccc2C)cc1.Cl. The van der Waals surface area contributed by atoms with Crippen molar-refractivity contribution < 1.29 is 9.59 Å². The van der Waals surface area contributed by atoms with E-state index in [1.807, 2.05) is 26.8 Å². The molecule has 5 nitrogen and oxygen atoms in total. The lowest BCUT2D eigenvalue weighted by Gasteiger charge is -2.18. The largest absolute Gasteiger partial charge is 0.399 e. The first-order valence-electron chi connectivity index (χ1n) is 8.03. The molecule has 2 aromatic rings. The van der Waals surface area contributed by atoms with Crippen LogP contribution in [0, 0.1) is 6.92 Å². The van der Waals surface area contributed by atoms with Crippen molar-refractivity contribution in [1.29, 1.82) is 0 Å². The minimum Gasteiger partial charge on any atom is -0.399 e. The quantitative estimate of drug-likeness (QED) is 0.796. The summed E-state index contributed by atoms with van der Waals surface area (Å²) in [5, 5.41) is 2.83. The van der Waals surface area contributed by atoms with Gasteiger partial charge in [0.2, 0.25) is 0 Å². The van der Waals surface area contributed by atoms with Crippen molar-refractivity contribution in [3.05, 3.63) is 59.2 Å². The van der Waals surface area contributed by atoms with Crippen LogP contribution in [0.25, 0.3) is 0 Å². The Morgan fingerprint density at radius 2 is 1.64 bits per heavy atom. The number of benzene rings is 2. The van der Waals surface area contributed by atoms with Gasteiger partial charge in [-0.05, 0) is 62.7 Å². The molecule has 0 bridgehead atoms. The summed E-state index contributed by atoms with van der Waals surface area (Å²) in [4.78, 5) is 26.4. The Balaban J connectivity index is 0.00000312. The molecular weight excluding hydrogens is 338 g/mol. The van der Waals surface area contributed by atoms with Gasteiger partial charge in [-0.2, -0.15) is 0 Å². The van der Waals surface area contributed by atoms with E-state index >= 15 is 0 Å². The number of nitrogens with one attached hydrogen (secondary N) is 1. The van der Waals surface area contributed by atoms with Crippen LogP contribution in [-0.2, 0) is 0 Å².